The van der Waals surface area contributed by atoms with Crippen LogP contribution in [0.25, 0.3) is 10.9 Å². The van der Waals surface area contributed by atoms with E-state index in [2.05, 4.69) is 0 Å². The quantitative estimate of drug-likeness (QED) is 0.664. The second-order valence-electron chi connectivity index (χ2n) is 4.97. The van der Waals surface area contributed by atoms with Crippen molar-refractivity contribution in [3.63, 3.8) is 0 Å². The van der Waals surface area contributed by atoms with Gasteiger partial charge in [0.15, 0.2) is 5.78 Å². The largest absolute Gasteiger partial charge is 0.340 e. The van der Waals surface area contributed by atoms with Gasteiger partial charge in [0, 0.05) is 17.1 Å². The number of aromatic nitrogens is 1. The van der Waals surface area contributed by atoms with Crippen LogP contribution in [0.4, 0.5) is 8.78 Å². The van der Waals surface area contributed by atoms with Crippen LogP contribution in [0.1, 0.15) is 15.9 Å². The number of benzene rings is 2. The lowest BCUT2D eigenvalue weighted by atomic mass is 10.1. The molecule has 0 aliphatic heterocycles. The minimum absolute atomic E-state index is 0.0925. The first-order valence-electron chi connectivity index (χ1n) is 6.59. The normalized spacial score (nSPS) is 11.0. The number of hydrogen-bond donors (Lipinski definition) is 0. The minimum atomic E-state index is -0.826. The molecule has 2 nitrogen and oxygen atoms in total. The maximum absolute atomic E-state index is 13.6. The molecule has 0 unspecified atom stereocenters. The smallest absolute Gasteiger partial charge is 0.188 e. The van der Waals surface area contributed by atoms with Crippen LogP contribution in [0.5, 0.6) is 0 Å². The number of carbonyl (C=O) groups excluding carboxylic acids is 1. The van der Waals surface area contributed by atoms with Gasteiger partial charge in [-0.05, 0) is 36.8 Å². The van der Waals surface area contributed by atoms with Crippen molar-refractivity contribution in [3.8, 4) is 0 Å². The van der Waals surface area contributed by atoms with Gasteiger partial charge in [-0.1, -0.05) is 18.2 Å². The summed E-state index contributed by atoms with van der Waals surface area (Å²) in [6.07, 6.45) is 1.76. The molecule has 0 aliphatic rings. The molecule has 0 radical (unpaired) electrons. The van der Waals surface area contributed by atoms with Crippen molar-refractivity contribution in [2.45, 2.75) is 13.5 Å². The number of fused-ring (bicyclic) bond motifs is 1. The van der Waals surface area contributed by atoms with Crippen molar-refractivity contribution < 1.29 is 13.6 Å². The summed E-state index contributed by atoms with van der Waals surface area (Å²) in [7, 11) is 0. The highest BCUT2D eigenvalue weighted by Gasteiger charge is 2.17. The molecule has 3 aromatic rings. The first-order valence-corrected chi connectivity index (χ1v) is 6.59. The third-order valence-corrected chi connectivity index (χ3v) is 3.59. The van der Waals surface area contributed by atoms with Gasteiger partial charge in [-0.3, -0.25) is 4.79 Å². The van der Waals surface area contributed by atoms with Gasteiger partial charge in [0.1, 0.15) is 11.6 Å². The lowest BCUT2D eigenvalue weighted by Gasteiger charge is -2.07. The Labute approximate surface area is 120 Å². The van der Waals surface area contributed by atoms with Crippen molar-refractivity contribution in [2.24, 2.45) is 0 Å². The van der Waals surface area contributed by atoms with E-state index < -0.39 is 23.0 Å². The molecule has 1 aromatic heterocycles. The minimum Gasteiger partial charge on any atom is -0.340 e. The molecule has 0 atom stereocenters. The summed E-state index contributed by atoms with van der Waals surface area (Å²) in [5.41, 5.74) is 1.49. The molecule has 21 heavy (non-hydrogen) atoms. The van der Waals surface area contributed by atoms with Gasteiger partial charge in [-0.2, -0.15) is 0 Å². The van der Waals surface area contributed by atoms with E-state index >= 15 is 0 Å². The summed E-state index contributed by atoms with van der Waals surface area (Å²) in [6, 6.07) is 11.1. The van der Waals surface area contributed by atoms with Crippen LogP contribution in [0, 0.1) is 18.6 Å². The molecular weight excluding hydrogens is 272 g/mol. The zero-order valence-electron chi connectivity index (χ0n) is 11.4. The molecule has 0 fully saturated rings. The van der Waals surface area contributed by atoms with Crippen LogP contribution < -0.4 is 0 Å². The van der Waals surface area contributed by atoms with Crippen molar-refractivity contribution in [2.75, 3.05) is 0 Å². The molecule has 1 heterocycles. The van der Waals surface area contributed by atoms with Gasteiger partial charge < -0.3 is 4.57 Å². The Bertz CT molecular complexity index is 816. The Hall–Kier alpha value is -2.49. The summed E-state index contributed by atoms with van der Waals surface area (Å²) < 4.78 is 29.0. The highest BCUT2D eigenvalue weighted by molar-refractivity contribution is 5.97. The molecule has 0 amide bonds. The first kappa shape index (κ1) is 13.5. The van der Waals surface area contributed by atoms with Crippen LogP contribution in [-0.4, -0.2) is 10.4 Å². The molecular formula is C17H13F2NO. The van der Waals surface area contributed by atoms with Crippen molar-refractivity contribution >= 4 is 16.7 Å². The molecule has 0 aliphatic carbocycles. The van der Waals surface area contributed by atoms with E-state index in [9.17, 15) is 13.6 Å². The molecule has 3 rings (SSSR count). The lowest BCUT2D eigenvalue weighted by molar-refractivity contribution is 0.0965. The third-order valence-electron chi connectivity index (χ3n) is 3.59. The Morgan fingerprint density at radius 2 is 1.71 bits per heavy atom. The van der Waals surface area contributed by atoms with Gasteiger partial charge in [0.2, 0.25) is 0 Å². The number of rotatable bonds is 3. The van der Waals surface area contributed by atoms with Crippen LogP contribution in [0.3, 0.4) is 0 Å². The van der Waals surface area contributed by atoms with Gasteiger partial charge >= 0.3 is 0 Å². The van der Waals surface area contributed by atoms with Gasteiger partial charge in [-0.25, -0.2) is 8.78 Å². The van der Waals surface area contributed by atoms with Gasteiger partial charge in [-0.15, -0.1) is 0 Å². The third kappa shape index (κ3) is 2.33. The van der Waals surface area contributed by atoms with E-state index in [0.29, 0.717) is 0 Å². The first-order chi connectivity index (χ1) is 10.1. The number of hydrogen-bond acceptors (Lipinski definition) is 1. The van der Waals surface area contributed by atoms with Crippen LogP contribution in [0.15, 0.2) is 48.7 Å². The van der Waals surface area contributed by atoms with Gasteiger partial charge in [0.05, 0.1) is 12.1 Å². The predicted octanol–water partition coefficient (Wildman–Crippen LogP) is 4.11. The van der Waals surface area contributed by atoms with E-state index in [1.165, 1.54) is 6.07 Å². The van der Waals surface area contributed by atoms with E-state index in [1.54, 1.807) is 10.8 Å². The van der Waals surface area contributed by atoms with Crippen molar-refractivity contribution in [1.82, 2.24) is 4.57 Å². The molecule has 0 spiro atoms. The fourth-order valence-corrected chi connectivity index (χ4v) is 2.51. The number of carbonyl (C=O) groups is 1. The van der Waals surface area contributed by atoms with Crippen LogP contribution in [-0.2, 0) is 6.54 Å². The summed E-state index contributed by atoms with van der Waals surface area (Å²) in [5, 5.41) is 1.03. The summed E-state index contributed by atoms with van der Waals surface area (Å²) in [5.74, 6) is -2.23. The van der Waals surface area contributed by atoms with Crippen LogP contribution in [0.2, 0.25) is 0 Å². The molecule has 0 saturated heterocycles. The SMILES string of the molecule is Cc1cccc2c1ccn2CC(=O)c1c(F)cccc1F. The summed E-state index contributed by atoms with van der Waals surface area (Å²) in [4.78, 5) is 12.2. The van der Waals surface area contributed by atoms with Gasteiger partial charge in [0.25, 0.3) is 0 Å². The standard InChI is InChI=1S/C17H13F2NO/c1-11-4-2-7-15-12(11)8-9-20(15)10-16(21)17-13(18)5-3-6-14(17)19/h2-9H,10H2,1H3. The Balaban J connectivity index is 1.99. The second-order valence-corrected chi connectivity index (χ2v) is 4.97. The molecule has 0 bridgehead atoms. The number of aryl methyl sites for hydroxylation is 1. The van der Waals surface area contributed by atoms with E-state index in [0.717, 1.165) is 28.6 Å². The molecule has 0 saturated carbocycles. The average Bonchev–Trinajstić information content (AvgIpc) is 2.83. The molecule has 106 valence electrons. The molecule has 4 heteroatoms. The fourth-order valence-electron chi connectivity index (χ4n) is 2.51. The topological polar surface area (TPSA) is 22.0 Å². The van der Waals surface area contributed by atoms with E-state index in [-0.39, 0.29) is 6.54 Å². The maximum atomic E-state index is 13.6. The van der Waals surface area contributed by atoms with Crippen molar-refractivity contribution in [3.05, 3.63) is 71.4 Å². The van der Waals surface area contributed by atoms with Crippen LogP contribution >= 0.6 is 0 Å². The lowest BCUT2D eigenvalue weighted by Crippen LogP contribution is -2.13. The highest BCUT2D eigenvalue weighted by atomic mass is 19.1. The van der Waals surface area contributed by atoms with E-state index in [1.807, 2.05) is 31.2 Å². The number of Topliss-reactive ketones (excluding diaryl/α,β-unsaturated/α-hetero) is 1. The monoisotopic (exact) mass is 285 g/mol. The predicted molar refractivity (Wildman–Crippen MR) is 77.4 cm³/mol. The number of ketones is 1. The number of halogens is 2. The Morgan fingerprint density at radius 1 is 1.05 bits per heavy atom. The van der Waals surface area contributed by atoms with E-state index in [4.69, 9.17) is 0 Å². The van der Waals surface area contributed by atoms with Crippen molar-refractivity contribution in [1.29, 1.82) is 0 Å². The number of nitrogens with zero attached hydrogens (tertiary/aromatic N) is 1. The summed E-state index contributed by atoms with van der Waals surface area (Å²) >= 11 is 0. The fraction of sp³-hybridized carbons (Fsp3) is 0.118. The molecule has 2 aromatic carbocycles. The maximum Gasteiger partial charge on any atom is 0.188 e. The average molecular weight is 285 g/mol. The Morgan fingerprint density at radius 3 is 2.43 bits per heavy atom. The summed E-state index contributed by atoms with van der Waals surface area (Å²) in [6.45, 7) is 1.88. The highest BCUT2D eigenvalue weighted by Crippen LogP contribution is 2.21. The zero-order valence-corrected chi connectivity index (χ0v) is 11.4. The zero-order chi connectivity index (χ0) is 15.0. The second kappa shape index (κ2) is 5.13. The Kier molecular flexibility index (Phi) is 3.29. The molecule has 0 N–H and O–H groups in total.